The number of hydroxylamine groups is 1. The van der Waals surface area contributed by atoms with E-state index in [2.05, 4.69) is 0 Å². The molecular formula is C23H16ClN3O5. The summed E-state index contributed by atoms with van der Waals surface area (Å²) in [5.41, 5.74) is 0.972. The minimum atomic E-state index is -1.14. The number of carbonyl (C=O) groups excluding carboxylic acids is 2. The molecule has 0 bridgehead atoms. The summed E-state index contributed by atoms with van der Waals surface area (Å²) < 4.78 is 0. The van der Waals surface area contributed by atoms with Crippen LogP contribution in [0.1, 0.15) is 11.6 Å². The molecule has 3 atom stereocenters. The van der Waals surface area contributed by atoms with Gasteiger partial charge in [0.05, 0.1) is 26.9 Å². The lowest BCUT2D eigenvalue weighted by atomic mass is 9.89. The summed E-state index contributed by atoms with van der Waals surface area (Å²) in [6.45, 7) is 0. The van der Waals surface area contributed by atoms with Crippen molar-refractivity contribution in [3.63, 3.8) is 0 Å². The lowest BCUT2D eigenvalue weighted by molar-refractivity contribution is -0.385. The number of nitro groups is 1. The summed E-state index contributed by atoms with van der Waals surface area (Å²) in [6, 6.07) is 20.7. The number of rotatable bonds is 4. The van der Waals surface area contributed by atoms with Crippen LogP contribution in [0.5, 0.6) is 0 Å². The molecule has 3 aromatic carbocycles. The topological polar surface area (TPSA) is 93.0 Å². The van der Waals surface area contributed by atoms with Gasteiger partial charge in [-0.15, -0.1) is 0 Å². The fraction of sp³-hybridized carbons (Fsp3) is 0.130. The summed E-state index contributed by atoms with van der Waals surface area (Å²) >= 11 is 6.25. The quantitative estimate of drug-likeness (QED) is 0.335. The Morgan fingerprint density at radius 3 is 2.25 bits per heavy atom. The highest BCUT2D eigenvalue weighted by Crippen LogP contribution is 2.49. The number of imide groups is 1. The molecule has 2 saturated heterocycles. The van der Waals surface area contributed by atoms with Gasteiger partial charge in [0.1, 0.15) is 12.0 Å². The predicted molar refractivity (Wildman–Crippen MR) is 117 cm³/mol. The highest BCUT2D eigenvalue weighted by Gasteiger charge is 2.61. The van der Waals surface area contributed by atoms with Gasteiger partial charge in [-0.3, -0.25) is 24.5 Å². The average molecular weight is 450 g/mol. The zero-order valence-electron chi connectivity index (χ0n) is 16.5. The summed E-state index contributed by atoms with van der Waals surface area (Å²) in [4.78, 5) is 45.1. The van der Waals surface area contributed by atoms with E-state index >= 15 is 0 Å². The number of nitro benzene ring substituents is 1. The number of nitrogens with zero attached hydrogens (tertiary/aromatic N) is 3. The Hall–Kier alpha value is -3.75. The lowest BCUT2D eigenvalue weighted by Gasteiger charge is -2.28. The summed E-state index contributed by atoms with van der Waals surface area (Å²) in [5.74, 6) is -2.06. The minimum Gasteiger partial charge on any atom is -0.273 e. The molecular weight excluding hydrogens is 434 g/mol. The fourth-order valence-corrected chi connectivity index (χ4v) is 4.52. The minimum absolute atomic E-state index is 0.154. The maximum Gasteiger partial charge on any atom is 0.274 e. The van der Waals surface area contributed by atoms with E-state index in [4.69, 9.17) is 16.4 Å². The number of hydrogen-bond donors (Lipinski definition) is 0. The number of benzene rings is 3. The molecule has 8 nitrogen and oxygen atoms in total. The maximum atomic E-state index is 13.6. The smallest absolute Gasteiger partial charge is 0.273 e. The second-order valence-corrected chi connectivity index (χ2v) is 7.84. The normalized spacial score (nSPS) is 22.3. The number of para-hydroxylation sites is 3. The van der Waals surface area contributed by atoms with Crippen LogP contribution in [0.25, 0.3) is 0 Å². The van der Waals surface area contributed by atoms with Gasteiger partial charge in [0.2, 0.25) is 5.91 Å². The molecule has 0 saturated carbocycles. The third kappa shape index (κ3) is 3.04. The van der Waals surface area contributed by atoms with Crippen LogP contribution in [-0.4, -0.2) is 22.8 Å². The van der Waals surface area contributed by atoms with Gasteiger partial charge in [-0.2, -0.15) is 0 Å². The third-order valence-electron chi connectivity index (χ3n) is 5.67. The van der Waals surface area contributed by atoms with Crippen molar-refractivity contribution in [1.29, 1.82) is 0 Å². The second-order valence-electron chi connectivity index (χ2n) is 7.44. The van der Waals surface area contributed by atoms with Crippen molar-refractivity contribution in [2.24, 2.45) is 5.92 Å². The molecule has 2 fully saturated rings. The number of fused-ring (bicyclic) bond motifs is 1. The SMILES string of the molecule is O=C1[C@H]2[C@@H](c3ccccc3[N+](=O)[O-])N(c3ccccc3)O[C@H]2C(=O)N1c1ccccc1Cl. The highest BCUT2D eigenvalue weighted by molar-refractivity contribution is 6.36. The molecule has 9 heteroatoms. The predicted octanol–water partition coefficient (Wildman–Crippen LogP) is 4.30. The number of amides is 2. The van der Waals surface area contributed by atoms with Crippen LogP contribution < -0.4 is 9.96 Å². The van der Waals surface area contributed by atoms with E-state index < -0.39 is 34.8 Å². The van der Waals surface area contributed by atoms with Crippen LogP contribution in [0.3, 0.4) is 0 Å². The van der Waals surface area contributed by atoms with E-state index in [9.17, 15) is 19.7 Å². The molecule has 5 rings (SSSR count). The standard InChI is InChI=1S/C23H16ClN3O5/c24-16-11-5-7-13-18(16)25-22(28)19-20(15-10-4-6-12-17(15)27(30)31)26(32-21(19)23(25)29)14-8-2-1-3-9-14/h1-13,19-21H/t19-,20+,21+/m0/s1. The molecule has 3 aromatic rings. The van der Waals surface area contributed by atoms with E-state index in [1.165, 1.54) is 11.1 Å². The van der Waals surface area contributed by atoms with Crippen molar-refractivity contribution in [2.75, 3.05) is 9.96 Å². The second kappa shape index (κ2) is 7.74. The molecule has 2 heterocycles. The molecule has 2 aliphatic rings. The summed E-state index contributed by atoms with van der Waals surface area (Å²) in [6.07, 6.45) is -1.14. The maximum absolute atomic E-state index is 13.6. The summed E-state index contributed by atoms with van der Waals surface area (Å²) in [7, 11) is 0. The molecule has 160 valence electrons. The van der Waals surface area contributed by atoms with Gasteiger partial charge >= 0.3 is 0 Å². The molecule has 0 aromatic heterocycles. The van der Waals surface area contributed by atoms with Crippen LogP contribution in [0.2, 0.25) is 5.02 Å². The number of carbonyl (C=O) groups is 2. The Morgan fingerprint density at radius 2 is 1.53 bits per heavy atom. The molecule has 2 aliphatic heterocycles. The number of hydrogen-bond acceptors (Lipinski definition) is 6. The van der Waals surface area contributed by atoms with Gasteiger partial charge in [0, 0.05) is 6.07 Å². The van der Waals surface area contributed by atoms with Crippen LogP contribution in [0.15, 0.2) is 78.9 Å². The lowest BCUT2D eigenvalue weighted by Crippen LogP contribution is -2.37. The molecule has 0 spiro atoms. The Kier molecular flexibility index (Phi) is 4.88. The third-order valence-corrected chi connectivity index (χ3v) is 5.99. The van der Waals surface area contributed by atoms with Crippen molar-refractivity contribution in [1.82, 2.24) is 0 Å². The Morgan fingerprint density at radius 1 is 0.875 bits per heavy atom. The monoisotopic (exact) mass is 449 g/mol. The van der Waals surface area contributed by atoms with Crippen LogP contribution in [0, 0.1) is 16.0 Å². The van der Waals surface area contributed by atoms with Crippen LogP contribution in [0.4, 0.5) is 17.1 Å². The number of anilines is 2. The average Bonchev–Trinajstić information content (AvgIpc) is 3.31. The van der Waals surface area contributed by atoms with E-state index in [1.54, 1.807) is 66.7 Å². The van der Waals surface area contributed by atoms with Gasteiger partial charge in [0.15, 0.2) is 6.10 Å². The molecule has 0 N–H and O–H groups in total. The first kappa shape index (κ1) is 20.2. The van der Waals surface area contributed by atoms with Crippen LogP contribution in [-0.2, 0) is 14.4 Å². The van der Waals surface area contributed by atoms with Gasteiger partial charge in [0.25, 0.3) is 11.6 Å². The van der Waals surface area contributed by atoms with Crippen molar-refractivity contribution in [3.05, 3.63) is 99.6 Å². The van der Waals surface area contributed by atoms with Crippen LogP contribution >= 0.6 is 11.6 Å². The first-order valence-electron chi connectivity index (χ1n) is 9.85. The fourth-order valence-electron chi connectivity index (χ4n) is 4.30. The molecule has 0 radical (unpaired) electrons. The zero-order valence-corrected chi connectivity index (χ0v) is 17.3. The van der Waals surface area contributed by atoms with Gasteiger partial charge in [-0.25, -0.2) is 9.96 Å². The number of halogens is 1. The van der Waals surface area contributed by atoms with Crippen molar-refractivity contribution in [2.45, 2.75) is 12.1 Å². The largest absolute Gasteiger partial charge is 0.274 e. The molecule has 0 unspecified atom stereocenters. The zero-order chi connectivity index (χ0) is 22.4. The molecule has 0 aliphatic carbocycles. The van der Waals surface area contributed by atoms with Gasteiger partial charge in [-0.05, 0) is 30.3 Å². The van der Waals surface area contributed by atoms with Gasteiger partial charge in [-0.1, -0.05) is 54.1 Å². The Balaban J connectivity index is 1.65. The van der Waals surface area contributed by atoms with E-state index in [0.29, 0.717) is 5.69 Å². The van der Waals surface area contributed by atoms with Gasteiger partial charge < -0.3 is 0 Å². The van der Waals surface area contributed by atoms with Crippen molar-refractivity contribution >= 4 is 40.5 Å². The van der Waals surface area contributed by atoms with E-state index in [0.717, 1.165) is 4.90 Å². The molecule has 32 heavy (non-hydrogen) atoms. The Bertz CT molecular complexity index is 1240. The Labute approximate surface area is 187 Å². The van der Waals surface area contributed by atoms with Crippen molar-refractivity contribution in [3.8, 4) is 0 Å². The van der Waals surface area contributed by atoms with E-state index in [-0.39, 0.29) is 22.0 Å². The first-order chi connectivity index (χ1) is 15.5. The first-order valence-corrected chi connectivity index (χ1v) is 10.2. The van der Waals surface area contributed by atoms with E-state index in [1.807, 2.05) is 6.07 Å². The van der Waals surface area contributed by atoms with Crippen molar-refractivity contribution < 1.29 is 19.3 Å². The summed E-state index contributed by atoms with van der Waals surface area (Å²) in [5, 5.41) is 13.4. The molecule has 2 amide bonds. The highest BCUT2D eigenvalue weighted by atomic mass is 35.5.